The largest absolute Gasteiger partial charge is 0.481 e. The number of benzene rings is 2. The fraction of sp³-hybridized carbons (Fsp3) is 0.381. The third kappa shape index (κ3) is 5.48. The molecule has 0 aliphatic carbocycles. The second-order valence-electron chi connectivity index (χ2n) is 6.03. The summed E-state index contributed by atoms with van der Waals surface area (Å²) in [6.45, 7) is 8.51. The predicted molar refractivity (Wildman–Crippen MR) is 103 cm³/mol. The molecule has 0 saturated carbocycles. The van der Waals surface area contributed by atoms with Crippen LogP contribution in [0.2, 0.25) is 0 Å². The van der Waals surface area contributed by atoms with Crippen molar-refractivity contribution >= 4 is 11.6 Å². The van der Waals surface area contributed by atoms with Gasteiger partial charge in [0.25, 0.3) is 5.91 Å². The van der Waals surface area contributed by atoms with Crippen molar-refractivity contribution < 1.29 is 13.9 Å². The molecule has 0 bridgehead atoms. The standard InChI is InChI=1S/C21H27FN2O2/c1-4-20(26-19-13-9-17(22)10-14-19)21(25)23-15-16-7-11-18(12-8-16)24(5-2)6-3/h7-14,20H,4-6,15H2,1-3H3,(H,23,25)/t20-/m0/s1. The molecular formula is C21H27FN2O2. The van der Waals surface area contributed by atoms with E-state index in [1.165, 1.54) is 30.0 Å². The maximum atomic E-state index is 13.0. The van der Waals surface area contributed by atoms with Gasteiger partial charge in [0.2, 0.25) is 0 Å². The molecule has 0 radical (unpaired) electrons. The molecule has 2 aromatic carbocycles. The van der Waals surface area contributed by atoms with Crippen molar-refractivity contribution in [2.75, 3.05) is 18.0 Å². The minimum atomic E-state index is -0.601. The number of hydrogen-bond acceptors (Lipinski definition) is 3. The lowest BCUT2D eigenvalue weighted by Gasteiger charge is -2.21. The van der Waals surface area contributed by atoms with Crippen LogP contribution in [-0.4, -0.2) is 25.1 Å². The Morgan fingerprint density at radius 1 is 1.04 bits per heavy atom. The lowest BCUT2D eigenvalue weighted by Crippen LogP contribution is -2.37. The van der Waals surface area contributed by atoms with Crippen LogP contribution < -0.4 is 15.0 Å². The first-order chi connectivity index (χ1) is 12.6. The molecule has 0 saturated heterocycles. The van der Waals surface area contributed by atoms with E-state index in [2.05, 4.69) is 36.2 Å². The molecule has 1 atom stereocenters. The molecule has 0 aliphatic heterocycles. The summed E-state index contributed by atoms with van der Waals surface area (Å²) in [5, 5.41) is 2.91. The van der Waals surface area contributed by atoms with Crippen LogP contribution in [-0.2, 0) is 11.3 Å². The van der Waals surface area contributed by atoms with Crippen LogP contribution in [0.3, 0.4) is 0 Å². The molecule has 0 unspecified atom stereocenters. The lowest BCUT2D eigenvalue weighted by atomic mass is 10.2. The summed E-state index contributed by atoms with van der Waals surface area (Å²) < 4.78 is 18.6. The third-order valence-corrected chi connectivity index (χ3v) is 4.29. The minimum Gasteiger partial charge on any atom is -0.481 e. The van der Waals surface area contributed by atoms with Gasteiger partial charge in [-0.1, -0.05) is 19.1 Å². The monoisotopic (exact) mass is 358 g/mol. The summed E-state index contributed by atoms with van der Waals surface area (Å²) in [6, 6.07) is 13.9. The Kier molecular flexibility index (Phi) is 7.45. The van der Waals surface area contributed by atoms with Gasteiger partial charge in [-0.15, -0.1) is 0 Å². The average Bonchev–Trinajstić information content (AvgIpc) is 2.67. The van der Waals surface area contributed by atoms with E-state index in [9.17, 15) is 9.18 Å². The van der Waals surface area contributed by atoms with Gasteiger partial charge >= 0.3 is 0 Å². The number of anilines is 1. The van der Waals surface area contributed by atoms with Gasteiger partial charge in [0.1, 0.15) is 11.6 Å². The highest BCUT2D eigenvalue weighted by atomic mass is 19.1. The van der Waals surface area contributed by atoms with Gasteiger partial charge in [-0.3, -0.25) is 4.79 Å². The van der Waals surface area contributed by atoms with E-state index in [0.717, 1.165) is 18.7 Å². The number of rotatable bonds is 9. The summed E-state index contributed by atoms with van der Waals surface area (Å²) in [5.41, 5.74) is 2.21. The van der Waals surface area contributed by atoms with Crippen LogP contribution in [0.4, 0.5) is 10.1 Å². The zero-order valence-corrected chi connectivity index (χ0v) is 15.7. The van der Waals surface area contributed by atoms with Gasteiger partial charge in [-0.2, -0.15) is 0 Å². The number of nitrogens with zero attached hydrogens (tertiary/aromatic N) is 1. The van der Waals surface area contributed by atoms with Crippen molar-refractivity contribution in [3.05, 3.63) is 59.9 Å². The Morgan fingerprint density at radius 2 is 1.65 bits per heavy atom. The quantitative estimate of drug-likeness (QED) is 0.732. The fourth-order valence-corrected chi connectivity index (χ4v) is 2.72. The Morgan fingerprint density at radius 3 is 2.19 bits per heavy atom. The number of nitrogens with one attached hydrogen (secondary N) is 1. The Labute approximate surface area is 155 Å². The number of ether oxygens (including phenoxy) is 1. The molecule has 1 amide bonds. The van der Waals surface area contributed by atoms with Gasteiger partial charge in [-0.25, -0.2) is 4.39 Å². The first-order valence-corrected chi connectivity index (χ1v) is 9.11. The Balaban J connectivity index is 1.90. The third-order valence-electron chi connectivity index (χ3n) is 4.29. The summed E-state index contributed by atoms with van der Waals surface area (Å²) >= 11 is 0. The van der Waals surface area contributed by atoms with Gasteiger partial charge in [-0.05, 0) is 62.2 Å². The molecule has 0 heterocycles. The van der Waals surface area contributed by atoms with Crippen molar-refractivity contribution in [2.24, 2.45) is 0 Å². The highest BCUT2D eigenvalue weighted by Gasteiger charge is 2.18. The topological polar surface area (TPSA) is 41.6 Å². The summed E-state index contributed by atoms with van der Waals surface area (Å²) in [4.78, 5) is 14.6. The molecule has 0 fully saturated rings. The number of halogens is 1. The van der Waals surface area contributed by atoms with Crippen molar-refractivity contribution in [1.82, 2.24) is 5.32 Å². The first kappa shape index (κ1) is 19.8. The maximum absolute atomic E-state index is 13.0. The summed E-state index contributed by atoms with van der Waals surface area (Å²) in [6.07, 6.45) is -0.0696. The molecule has 0 aliphatic rings. The zero-order chi connectivity index (χ0) is 18.9. The van der Waals surface area contributed by atoms with Gasteiger partial charge in [0.15, 0.2) is 6.10 Å². The predicted octanol–water partition coefficient (Wildman–Crippen LogP) is 4.15. The molecule has 1 N–H and O–H groups in total. The lowest BCUT2D eigenvalue weighted by molar-refractivity contribution is -0.128. The van der Waals surface area contributed by atoms with E-state index in [0.29, 0.717) is 18.7 Å². The number of carbonyl (C=O) groups excluding carboxylic acids is 1. The maximum Gasteiger partial charge on any atom is 0.261 e. The second-order valence-corrected chi connectivity index (χ2v) is 6.03. The molecule has 4 nitrogen and oxygen atoms in total. The molecule has 0 aromatic heterocycles. The van der Waals surface area contributed by atoms with Gasteiger partial charge in [0.05, 0.1) is 0 Å². The van der Waals surface area contributed by atoms with Gasteiger partial charge in [0, 0.05) is 25.3 Å². The SMILES string of the molecule is CC[C@H](Oc1ccc(F)cc1)C(=O)NCc1ccc(N(CC)CC)cc1. The van der Waals surface area contributed by atoms with Crippen LogP contribution >= 0.6 is 0 Å². The van der Waals surface area contributed by atoms with Crippen LogP contribution in [0.1, 0.15) is 32.8 Å². The fourth-order valence-electron chi connectivity index (χ4n) is 2.72. The van der Waals surface area contributed by atoms with Crippen molar-refractivity contribution in [3.63, 3.8) is 0 Å². The summed E-state index contributed by atoms with van der Waals surface area (Å²) in [7, 11) is 0. The number of hydrogen-bond donors (Lipinski definition) is 1. The van der Waals surface area contributed by atoms with Crippen LogP contribution in [0.15, 0.2) is 48.5 Å². The number of carbonyl (C=O) groups is 1. The van der Waals surface area contributed by atoms with Crippen molar-refractivity contribution in [1.29, 1.82) is 0 Å². The average molecular weight is 358 g/mol. The Bertz CT molecular complexity index is 682. The van der Waals surface area contributed by atoms with E-state index >= 15 is 0 Å². The van der Waals surface area contributed by atoms with Crippen molar-refractivity contribution in [3.8, 4) is 5.75 Å². The van der Waals surface area contributed by atoms with Crippen molar-refractivity contribution in [2.45, 2.75) is 39.8 Å². The molecule has 140 valence electrons. The van der Waals surface area contributed by atoms with E-state index < -0.39 is 6.10 Å². The molecule has 5 heteroatoms. The molecule has 2 aromatic rings. The zero-order valence-electron chi connectivity index (χ0n) is 15.7. The van der Waals surface area contributed by atoms with E-state index in [-0.39, 0.29) is 11.7 Å². The highest BCUT2D eigenvalue weighted by molar-refractivity contribution is 5.81. The van der Waals surface area contributed by atoms with E-state index in [1.54, 1.807) is 0 Å². The van der Waals surface area contributed by atoms with Gasteiger partial charge < -0.3 is 15.0 Å². The van der Waals surface area contributed by atoms with Crippen LogP contribution in [0.5, 0.6) is 5.75 Å². The summed E-state index contributed by atoms with van der Waals surface area (Å²) in [5.74, 6) is -0.0235. The highest BCUT2D eigenvalue weighted by Crippen LogP contribution is 2.16. The molecular weight excluding hydrogens is 331 g/mol. The molecule has 26 heavy (non-hydrogen) atoms. The normalized spacial score (nSPS) is 11.7. The molecule has 0 spiro atoms. The van der Waals surface area contributed by atoms with Crippen LogP contribution in [0.25, 0.3) is 0 Å². The molecule has 2 rings (SSSR count). The second kappa shape index (κ2) is 9.80. The Hall–Kier alpha value is -2.56. The van der Waals surface area contributed by atoms with E-state index in [1.807, 2.05) is 19.1 Å². The van der Waals surface area contributed by atoms with E-state index in [4.69, 9.17) is 4.74 Å². The number of amides is 1. The van der Waals surface area contributed by atoms with Crippen LogP contribution in [0, 0.1) is 5.82 Å². The minimum absolute atomic E-state index is 0.176. The first-order valence-electron chi connectivity index (χ1n) is 9.11. The smallest absolute Gasteiger partial charge is 0.261 e.